The van der Waals surface area contributed by atoms with Gasteiger partial charge in [-0.25, -0.2) is 0 Å². The van der Waals surface area contributed by atoms with Crippen LogP contribution in [0.2, 0.25) is 0 Å². The van der Waals surface area contributed by atoms with Crippen LogP contribution in [0.15, 0.2) is 18.2 Å². The highest BCUT2D eigenvalue weighted by Gasteiger charge is 2.23. The van der Waals surface area contributed by atoms with E-state index in [1.165, 1.54) is 16.7 Å². The number of hydrogen-bond donors (Lipinski definition) is 1. The molecule has 2 nitrogen and oxygen atoms in total. The lowest BCUT2D eigenvalue weighted by Gasteiger charge is -2.26. The molecule has 0 amide bonds. The van der Waals surface area contributed by atoms with Crippen molar-refractivity contribution >= 4 is 5.97 Å². The van der Waals surface area contributed by atoms with Crippen molar-refractivity contribution in [3.05, 3.63) is 34.9 Å². The molecule has 0 radical (unpaired) electrons. The predicted molar refractivity (Wildman–Crippen MR) is 65.8 cm³/mol. The summed E-state index contributed by atoms with van der Waals surface area (Å²) in [7, 11) is 0. The predicted octanol–water partition coefficient (Wildman–Crippen LogP) is 3.45. The molecule has 16 heavy (non-hydrogen) atoms. The molecule has 0 spiro atoms. The molecule has 0 aliphatic rings. The van der Waals surface area contributed by atoms with E-state index in [0.29, 0.717) is 6.42 Å². The van der Waals surface area contributed by atoms with E-state index in [9.17, 15) is 4.79 Å². The summed E-state index contributed by atoms with van der Waals surface area (Å²) in [5.41, 5.74) is 3.67. The zero-order valence-corrected chi connectivity index (χ0v) is 10.5. The molecule has 1 N–H and O–H groups in total. The van der Waals surface area contributed by atoms with Crippen LogP contribution in [-0.2, 0) is 10.2 Å². The van der Waals surface area contributed by atoms with Gasteiger partial charge in [0.25, 0.3) is 0 Å². The first kappa shape index (κ1) is 12.8. The molecule has 2 heteroatoms. The van der Waals surface area contributed by atoms with Gasteiger partial charge in [0.1, 0.15) is 0 Å². The van der Waals surface area contributed by atoms with Crippen molar-refractivity contribution < 1.29 is 9.90 Å². The molecule has 0 fully saturated rings. The molecular weight excluding hydrogens is 200 g/mol. The number of aryl methyl sites for hydroxylation is 2. The Kier molecular flexibility index (Phi) is 3.74. The number of benzene rings is 1. The Morgan fingerprint density at radius 3 is 2.44 bits per heavy atom. The average Bonchev–Trinajstić information content (AvgIpc) is 2.14. The summed E-state index contributed by atoms with van der Waals surface area (Å²) < 4.78 is 0. The quantitative estimate of drug-likeness (QED) is 0.843. The van der Waals surface area contributed by atoms with Crippen LogP contribution in [0.4, 0.5) is 0 Å². The van der Waals surface area contributed by atoms with Crippen LogP contribution in [0, 0.1) is 13.8 Å². The van der Waals surface area contributed by atoms with Crippen molar-refractivity contribution in [1.29, 1.82) is 0 Å². The lowest BCUT2D eigenvalue weighted by molar-refractivity contribution is -0.137. The summed E-state index contributed by atoms with van der Waals surface area (Å²) in [6.07, 6.45) is 0.895. The molecule has 1 aromatic carbocycles. The molecule has 0 bridgehead atoms. The van der Waals surface area contributed by atoms with Gasteiger partial charge in [0.2, 0.25) is 0 Å². The van der Waals surface area contributed by atoms with Crippen LogP contribution in [0.25, 0.3) is 0 Å². The minimum atomic E-state index is -0.724. The third-order valence-electron chi connectivity index (χ3n) is 3.07. The second kappa shape index (κ2) is 4.69. The SMILES string of the molecule is Cc1ccc(C(C)(C)CCC(=O)O)c(C)c1. The molecule has 0 atom stereocenters. The molecule has 0 aliphatic heterocycles. The van der Waals surface area contributed by atoms with Crippen molar-refractivity contribution in [3.63, 3.8) is 0 Å². The fourth-order valence-electron chi connectivity index (χ4n) is 2.13. The fourth-order valence-corrected chi connectivity index (χ4v) is 2.13. The van der Waals surface area contributed by atoms with E-state index in [0.717, 1.165) is 0 Å². The van der Waals surface area contributed by atoms with Gasteiger partial charge in [0.15, 0.2) is 0 Å². The highest BCUT2D eigenvalue weighted by atomic mass is 16.4. The number of carboxylic acid groups (broad SMARTS) is 1. The molecule has 1 aromatic rings. The van der Waals surface area contributed by atoms with E-state index in [1.807, 2.05) is 0 Å². The summed E-state index contributed by atoms with van der Waals surface area (Å²) in [5.74, 6) is -0.724. The van der Waals surface area contributed by atoms with Crippen molar-refractivity contribution in [1.82, 2.24) is 0 Å². The van der Waals surface area contributed by atoms with Crippen LogP contribution < -0.4 is 0 Å². The van der Waals surface area contributed by atoms with Crippen molar-refractivity contribution in [2.24, 2.45) is 0 Å². The third-order valence-corrected chi connectivity index (χ3v) is 3.07. The Hall–Kier alpha value is -1.31. The molecular formula is C14H20O2. The van der Waals surface area contributed by atoms with Crippen molar-refractivity contribution in [2.75, 3.05) is 0 Å². The van der Waals surface area contributed by atoms with Crippen LogP contribution >= 0.6 is 0 Å². The number of hydrogen-bond acceptors (Lipinski definition) is 1. The molecule has 0 unspecified atom stereocenters. The molecule has 0 aliphatic carbocycles. The first-order valence-corrected chi connectivity index (χ1v) is 5.62. The third kappa shape index (κ3) is 3.09. The van der Waals surface area contributed by atoms with Gasteiger partial charge in [-0.15, -0.1) is 0 Å². The number of carboxylic acids is 1. The van der Waals surface area contributed by atoms with Crippen LogP contribution in [-0.4, -0.2) is 11.1 Å². The maximum Gasteiger partial charge on any atom is 0.303 e. The maximum atomic E-state index is 10.6. The second-order valence-corrected chi connectivity index (χ2v) is 5.10. The molecule has 88 valence electrons. The fraction of sp³-hybridized carbons (Fsp3) is 0.500. The summed E-state index contributed by atoms with van der Waals surface area (Å²) in [4.78, 5) is 10.6. The second-order valence-electron chi connectivity index (χ2n) is 5.10. The van der Waals surface area contributed by atoms with E-state index in [2.05, 4.69) is 45.9 Å². The smallest absolute Gasteiger partial charge is 0.303 e. The Labute approximate surface area is 97.3 Å². The lowest BCUT2D eigenvalue weighted by Crippen LogP contribution is -2.20. The Morgan fingerprint density at radius 1 is 1.31 bits per heavy atom. The maximum absolute atomic E-state index is 10.6. The monoisotopic (exact) mass is 220 g/mol. The van der Waals surface area contributed by atoms with Gasteiger partial charge in [-0.2, -0.15) is 0 Å². The standard InChI is InChI=1S/C14H20O2/c1-10-5-6-12(11(2)9-10)14(3,4)8-7-13(15)16/h5-6,9H,7-8H2,1-4H3,(H,15,16). The molecule has 0 heterocycles. The van der Waals surface area contributed by atoms with E-state index in [1.54, 1.807) is 0 Å². The van der Waals surface area contributed by atoms with Gasteiger partial charge in [0, 0.05) is 6.42 Å². The zero-order valence-electron chi connectivity index (χ0n) is 10.5. The van der Waals surface area contributed by atoms with E-state index < -0.39 is 5.97 Å². The highest BCUT2D eigenvalue weighted by molar-refractivity contribution is 5.66. The first-order valence-electron chi connectivity index (χ1n) is 5.62. The van der Waals surface area contributed by atoms with Crippen LogP contribution in [0.5, 0.6) is 0 Å². The topological polar surface area (TPSA) is 37.3 Å². The Balaban J connectivity index is 2.92. The summed E-state index contributed by atoms with van der Waals surface area (Å²) >= 11 is 0. The van der Waals surface area contributed by atoms with Gasteiger partial charge in [-0.1, -0.05) is 37.6 Å². The summed E-state index contributed by atoms with van der Waals surface area (Å²) in [5, 5.41) is 8.74. The molecule has 1 rings (SSSR count). The Bertz CT molecular complexity index is 392. The van der Waals surface area contributed by atoms with Crippen LogP contribution in [0.1, 0.15) is 43.4 Å². The van der Waals surface area contributed by atoms with E-state index >= 15 is 0 Å². The minimum absolute atomic E-state index is 0.0732. The lowest BCUT2D eigenvalue weighted by atomic mass is 9.78. The highest BCUT2D eigenvalue weighted by Crippen LogP contribution is 2.31. The van der Waals surface area contributed by atoms with Gasteiger partial charge < -0.3 is 5.11 Å². The van der Waals surface area contributed by atoms with Gasteiger partial charge in [-0.05, 0) is 36.8 Å². The number of aliphatic carboxylic acids is 1. The molecule has 0 aromatic heterocycles. The molecule has 0 saturated heterocycles. The number of rotatable bonds is 4. The van der Waals surface area contributed by atoms with Crippen molar-refractivity contribution in [3.8, 4) is 0 Å². The molecule has 0 saturated carbocycles. The average molecular weight is 220 g/mol. The van der Waals surface area contributed by atoms with Gasteiger partial charge >= 0.3 is 5.97 Å². The van der Waals surface area contributed by atoms with Crippen LogP contribution in [0.3, 0.4) is 0 Å². The zero-order chi connectivity index (χ0) is 12.3. The van der Waals surface area contributed by atoms with Gasteiger partial charge in [-0.3, -0.25) is 4.79 Å². The van der Waals surface area contributed by atoms with Crippen molar-refractivity contribution in [2.45, 2.75) is 46.0 Å². The Morgan fingerprint density at radius 2 is 1.94 bits per heavy atom. The normalized spacial score (nSPS) is 11.5. The van der Waals surface area contributed by atoms with Gasteiger partial charge in [0.05, 0.1) is 0 Å². The largest absolute Gasteiger partial charge is 0.481 e. The van der Waals surface area contributed by atoms with E-state index in [-0.39, 0.29) is 11.8 Å². The minimum Gasteiger partial charge on any atom is -0.481 e. The van der Waals surface area contributed by atoms with E-state index in [4.69, 9.17) is 5.11 Å². The summed E-state index contributed by atoms with van der Waals surface area (Å²) in [6, 6.07) is 6.36. The number of carbonyl (C=O) groups is 1. The summed E-state index contributed by atoms with van der Waals surface area (Å²) in [6.45, 7) is 8.37. The first-order chi connectivity index (χ1) is 7.33.